The SMILES string of the molecule is CCCc1nc2sc(C(N)=O)c(C)c2c(=O)n1C(C)(C)C(=O)O. The summed E-state index contributed by atoms with van der Waals surface area (Å²) in [7, 11) is 0. The summed E-state index contributed by atoms with van der Waals surface area (Å²) in [6, 6.07) is 0. The van der Waals surface area contributed by atoms with Gasteiger partial charge in [-0.1, -0.05) is 6.92 Å². The molecule has 0 atom stereocenters. The van der Waals surface area contributed by atoms with E-state index in [4.69, 9.17) is 5.73 Å². The minimum absolute atomic E-state index is 0.262. The lowest BCUT2D eigenvalue weighted by atomic mass is 10.0. The number of nitrogens with two attached hydrogens (primary N) is 1. The van der Waals surface area contributed by atoms with Crippen LogP contribution in [0.5, 0.6) is 0 Å². The zero-order valence-corrected chi connectivity index (χ0v) is 14.3. The number of fused-ring (bicyclic) bond motifs is 1. The number of aliphatic carboxylic acids is 1. The number of thiophene rings is 1. The van der Waals surface area contributed by atoms with Crippen molar-refractivity contribution in [3.05, 3.63) is 26.6 Å². The molecule has 0 bridgehead atoms. The van der Waals surface area contributed by atoms with Gasteiger partial charge in [0.05, 0.1) is 10.3 Å². The molecule has 0 aliphatic heterocycles. The van der Waals surface area contributed by atoms with Gasteiger partial charge in [-0.25, -0.2) is 9.78 Å². The number of aryl methyl sites for hydroxylation is 2. The van der Waals surface area contributed by atoms with Crippen molar-refractivity contribution in [2.45, 2.75) is 46.1 Å². The van der Waals surface area contributed by atoms with Crippen LogP contribution in [0.4, 0.5) is 0 Å². The van der Waals surface area contributed by atoms with Crippen LogP contribution in [0.25, 0.3) is 10.2 Å². The van der Waals surface area contributed by atoms with Gasteiger partial charge in [-0.05, 0) is 32.8 Å². The first kappa shape index (κ1) is 17.1. The van der Waals surface area contributed by atoms with E-state index >= 15 is 0 Å². The zero-order chi connectivity index (χ0) is 17.5. The Hall–Kier alpha value is -2.22. The molecule has 8 heteroatoms. The topological polar surface area (TPSA) is 115 Å². The average molecular weight is 337 g/mol. The summed E-state index contributed by atoms with van der Waals surface area (Å²) in [5, 5.41) is 9.75. The molecule has 23 heavy (non-hydrogen) atoms. The van der Waals surface area contributed by atoms with Crippen molar-refractivity contribution in [3.63, 3.8) is 0 Å². The number of carbonyl (C=O) groups is 2. The normalized spacial score (nSPS) is 11.8. The maximum Gasteiger partial charge on any atom is 0.329 e. The van der Waals surface area contributed by atoms with E-state index in [2.05, 4.69) is 4.98 Å². The number of primary amides is 1. The van der Waals surface area contributed by atoms with E-state index in [-0.39, 0.29) is 10.3 Å². The molecule has 124 valence electrons. The van der Waals surface area contributed by atoms with Crippen molar-refractivity contribution >= 4 is 33.4 Å². The van der Waals surface area contributed by atoms with Crippen LogP contribution in [-0.4, -0.2) is 26.5 Å². The average Bonchev–Trinajstić information content (AvgIpc) is 2.76. The highest BCUT2D eigenvalue weighted by Crippen LogP contribution is 2.28. The van der Waals surface area contributed by atoms with Crippen molar-refractivity contribution in [3.8, 4) is 0 Å². The number of carboxylic acid groups (broad SMARTS) is 1. The third-order valence-electron chi connectivity index (χ3n) is 3.81. The predicted molar refractivity (Wildman–Crippen MR) is 88.1 cm³/mol. The molecule has 0 aromatic carbocycles. The Morgan fingerprint density at radius 2 is 2.00 bits per heavy atom. The first-order valence-electron chi connectivity index (χ1n) is 7.21. The highest BCUT2D eigenvalue weighted by Gasteiger charge is 2.34. The van der Waals surface area contributed by atoms with Gasteiger partial charge >= 0.3 is 5.97 Å². The van der Waals surface area contributed by atoms with E-state index in [1.807, 2.05) is 6.92 Å². The lowest BCUT2D eigenvalue weighted by Gasteiger charge is -2.25. The Morgan fingerprint density at radius 3 is 2.48 bits per heavy atom. The molecule has 1 amide bonds. The van der Waals surface area contributed by atoms with Crippen LogP contribution in [0.2, 0.25) is 0 Å². The van der Waals surface area contributed by atoms with E-state index in [1.54, 1.807) is 6.92 Å². The maximum absolute atomic E-state index is 12.9. The number of nitrogens with zero attached hydrogens (tertiary/aromatic N) is 2. The van der Waals surface area contributed by atoms with Gasteiger partial charge in [0.2, 0.25) is 0 Å². The van der Waals surface area contributed by atoms with Crippen LogP contribution in [0.1, 0.15) is 48.3 Å². The lowest BCUT2D eigenvalue weighted by Crippen LogP contribution is -2.45. The highest BCUT2D eigenvalue weighted by molar-refractivity contribution is 7.20. The van der Waals surface area contributed by atoms with Crippen LogP contribution >= 0.6 is 11.3 Å². The molecule has 2 heterocycles. The summed E-state index contributed by atoms with van der Waals surface area (Å²) < 4.78 is 1.21. The van der Waals surface area contributed by atoms with Gasteiger partial charge in [0, 0.05) is 6.42 Å². The Balaban J connectivity index is 2.95. The molecule has 0 unspecified atom stereocenters. The van der Waals surface area contributed by atoms with Crippen molar-refractivity contribution < 1.29 is 14.7 Å². The Labute approximate surface area is 136 Å². The standard InChI is InChI=1S/C15H19N3O4S/c1-5-6-8-17-12-9(7(2)10(23-12)11(16)19)13(20)18(8)15(3,4)14(21)22/h5-6H2,1-4H3,(H2,16,19)(H,21,22). The van der Waals surface area contributed by atoms with Crippen molar-refractivity contribution in [1.29, 1.82) is 0 Å². The predicted octanol–water partition coefficient (Wildman–Crippen LogP) is 1.64. The molecule has 2 aromatic heterocycles. The van der Waals surface area contributed by atoms with E-state index in [1.165, 1.54) is 18.4 Å². The summed E-state index contributed by atoms with van der Waals surface area (Å²) in [6.07, 6.45) is 1.17. The second kappa shape index (κ2) is 5.77. The van der Waals surface area contributed by atoms with Crippen molar-refractivity contribution in [1.82, 2.24) is 9.55 Å². The minimum atomic E-state index is -1.44. The van der Waals surface area contributed by atoms with E-state index in [9.17, 15) is 19.5 Å². The lowest BCUT2D eigenvalue weighted by molar-refractivity contribution is -0.146. The van der Waals surface area contributed by atoms with Gasteiger partial charge in [-0.15, -0.1) is 11.3 Å². The number of hydrogen-bond acceptors (Lipinski definition) is 5. The molecule has 2 rings (SSSR count). The largest absolute Gasteiger partial charge is 0.480 e. The molecular formula is C15H19N3O4S. The van der Waals surface area contributed by atoms with E-state index < -0.39 is 23.0 Å². The second-order valence-corrected chi connectivity index (χ2v) is 6.88. The molecule has 0 saturated carbocycles. The molecule has 0 spiro atoms. The molecule has 0 aliphatic rings. The van der Waals surface area contributed by atoms with Crippen LogP contribution < -0.4 is 11.3 Å². The number of amides is 1. The van der Waals surface area contributed by atoms with E-state index in [0.717, 1.165) is 11.3 Å². The Bertz CT molecular complexity index is 864. The Morgan fingerprint density at radius 1 is 1.39 bits per heavy atom. The summed E-state index contributed by atoms with van der Waals surface area (Å²) in [5.41, 5.74) is 3.90. The number of carbonyl (C=O) groups excluding carboxylic acids is 1. The maximum atomic E-state index is 12.9. The van der Waals surface area contributed by atoms with Crippen LogP contribution in [0.15, 0.2) is 4.79 Å². The van der Waals surface area contributed by atoms with Gasteiger partial charge in [0.15, 0.2) is 0 Å². The fourth-order valence-corrected chi connectivity index (χ4v) is 3.57. The molecule has 3 N–H and O–H groups in total. The van der Waals surface area contributed by atoms with Crippen LogP contribution in [0.3, 0.4) is 0 Å². The minimum Gasteiger partial charge on any atom is -0.480 e. The van der Waals surface area contributed by atoms with Crippen LogP contribution in [0, 0.1) is 6.92 Å². The molecule has 0 saturated heterocycles. The summed E-state index contributed by atoms with van der Waals surface area (Å²) in [6.45, 7) is 6.46. The van der Waals surface area contributed by atoms with Gasteiger partial charge in [0.1, 0.15) is 16.2 Å². The van der Waals surface area contributed by atoms with Gasteiger partial charge in [0.25, 0.3) is 11.5 Å². The summed E-state index contributed by atoms with van der Waals surface area (Å²) >= 11 is 1.07. The Kier molecular flexibility index (Phi) is 4.30. The molecule has 7 nitrogen and oxygen atoms in total. The first-order chi connectivity index (χ1) is 10.6. The molecule has 2 aromatic rings. The smallest absolute Gasteiger partial charge is 0.329 e. The third-order valence-corrected chi connectivity index (χ3v) is 5.01. The number of rotatable bonds is 5. The fraction of sp³-hybridized carbons (Fsp3) is 0.467. The first-order valence-corrected chi connectivity index (χ1v) is 8.03. The molecular weight excluding hydrogens is 318 g/mol. The van der Waals surface area contributed by atoms with Gasteiger partial charge < -0.3 is 10.8 Å². The number of hydrogen-bond donors (Lipinski definition) is 2. The van der Waals surface area contributed by atoms with Crippen molar-refractivity contribution in [2.75, 3.05) is 0 Å². The second-order valence-electron chi connectivity index (χ2n) is 5.88. The van der Waals surface area contributed by atoms with Gasteiger partial charge in [-0.2, -0.15) is 0 Å². The number of aromatic nitrogens is 2. The summed E-state index contributed by atoms with van der Waals surface area (Å²) in [4.78, 5) is 41.2. The molecule has 0 radical (unpaired) electrons. The highest BCUT2D eigenvalue weighted by atomic mass is 32.1. The van der Waals surface area contributed by atoms with Crippen LogP contribution in [-0.2, 0) is 16.8 Å². The summed E-state index contributed by atoms with van der Waals surface area (Å²) in [5.74, 6) is -1.35. The third kappa shape index (κ3) is 2.63. The van der Waals surface area contributed by atoms with Gasteiger partial charge in [-0.3, -0.25) is 14.2 Å². The number of carboxylic acids is 1. The quantitative estimate of drug-likeness (QED) is 0.860. The zero-order valence-electron chi connectivity index (χ0n) is 13.5. The van der Waals surface area contributed by atoms with E-state index in [0.29, 0.717) is 29.1 Å². The molecule has 0 aliphatic carbocycles. The van der Waals surface area contributed by atoms with Crippen molar-refractivity contribution in [2.24, 2.45) is 5.73 Å². The monoisotopic (exact) mass is 337 g/mol. The molecule has 0 fully saturated rings. The fourth-order valence-electron chi connectivity index (χ4n) is 2.52.